The standard InChI is InChI=1S/C19H18N2O4/c1-2-25-19(24)16(22)17-20-15-11-7-6-10-14(15)18(23)21(17)12-13-8-4-3-5-9-13/h3-11,16,22H,2,12H2,1H3. The molecule has 1 N–H and O–H groups in total. The van der Waals surface area contributed by atoms with Crippen molar-refractivity contribution in [3.63, 3.8) is 0 Å². The zero-order valence-corrected chi connectivity index (χ0v) is 13.8. The summed E-state index contributed by atoms with van der Waals surface area (Å²) in [6.07, 6.45) is -1.62. The lowest BCUT2D eigenvalue weighted by Gasteiger charge is -2.17. The van der Waals surface area contributed by atoms with Gasteiger partial charge in [-0.1, -0.05) is 42.5 Å². The molecule has 1 unspecified atom stereocenters. The third-order valence-electron chi connectivity index (χ3n) is 3.83. The van der Waals surface area contributed by atoms with Crippen molar-refractivity contribution >= 4 is 16.9 Å². The molecule has 0 fully saturated rings. The van der Waals surface area contributed by atoms with Gasteiger partial charge in [-0.05, 0) is 24.6 Å². The predicted octanol–water partition coefficient (Wildman–Crippen LogP) is 2.04. The summed E-state index contributed by atoms with van der Waals surface area (Å²) in [4.78, 5) is 29.2. The van der Waals surface area contributed by atoms with Gasteiger partial charge in [-0.2, -0.15) is 0 Å². The van der Waals surface area contributed by atoms with Gasteiger partial charge in [-0.3, -0.25) is 9.36 Å². The van der Waals surface area contributed by atoms with Gasteiger partial charge in [0.2, 0.25) is 6.10 Å². The topological polar surface area (TPSA) is 81.4 Å². The van der Waals surface area contributed by atoms with Crippen molar-refractivity contribution < 1.29 is 14.6 Å². The first-order valence-corrected chi connectivity index (χ1v) is 8.00. The number of hydrogen-bond donors (Lipinski definition) is 1. The van der Waals surface area contributed by atoms with Crippen LogP contribution < -0.4 is 5.56 Å². The van der Waals surface area contributed by atoms with Crippen molar-refractivity contribution in [2.75, 3.05) is 6.61 Å². The number of aromatic nitrogens is 2. The van der Waals surface area contributed by atoms with Crippen LogP contribution in [0.5, 0.6) is 0 Å². The zero-order chi connectivity index (χ0) is 17.8. The molecule has 0 aliphatic carbocycles. The van der Waals surface area contributed by atoms with E-state index in [4.69, 9.17) is 4.74 Å². The maximum absolute atomic E-state index is 12.9. The highest BCUT2D eigenvalue weighted by Gasteiger charge is 2.25. The molecule has 1 aromatic heterocycles. The molecule has 0 saturated carbocycles. The van der Waals surface area contributed by atoms with Gasteiger partial charge in [0.05, 0.1) is 24.1 Å². The average Bonchev–Trinajstić information content (AvgIpc) is 2.64. The van der Waals surface area contributed by atoms with Crippen molar-refractivity contribution in [1.29, 1.82) is 0 Å². The lowest BCUT2D eigenvalue weighted by molar-refractivity contribution is -0.154. The van der Waals surface area contributed by atoms with Gasteiger partial charge in [-0.15, -0.1) is 0 Å². The zero-order valence-electron chi connectivity index (χ0n) is 13.8. The summed E-state index contributed by atoms with van der Waals surface area (Å²) in [6, 6.07) is 16.2. The van der Waals surface area contributed by atoms with Gasteiger partial charge in [0.1, 0.15) is 0 Å². The Balaban J connectivity index is 2.17. The van der Waals surface area contributed by atoms with Crippen LogP contribution in [-0.4, -0.2) is 27.2 Å². The molecule has 25 heavy (non-hydrogen) atoms. The van der Waals surface area contributed by atoms with Crippen molar-refractivity contribution in [2.24, 2.45) is 0 Å². The number of esters is 1. The number of hydrogen-bond acceptors (Lipinski definition) is 5. The van der Waals surface area contributed by atoms with Crippen LogP contribution in [0.25, 0.3) is 10.9 Å². The van der Waals surface area contributed by atoms with E-state index in [1.54, 1.807) is 31.2 Å². The monoisotopic (exact) mass is 338 g/mol. The number of carbonyl (C=O) groups is 1. The first kappa shape index (κ1) is 16.9. The molecule has 2 aromatic carbocycles. The number of aliphatic hydroxyl groups excluding tert-OH is 1. The van der Waals surface area contributed by atoms with Gasteiger partial charge in [0.25, 0.3) is 5.56 Å². The largest absolute Gasteiger partial charge is 0.464 e. The number of benzene rings is 2. The molecule has 128 valence electrons. The number of carbonyl (C=O) groups excluding carboxylic acids is 1. The van der Waals surface area contributed by atoms with Crippen molar-refractivity contribution in [1.82, 2.24) is 9.55 Å². The second-order valence-electron chi connectivity index (χ2n) is 5.52. The summed E-state index contributed by atoms with van der Waals surface area (Å²) in [6.45, 7) is 1.98. The van der Waals surface area contributed by atoms with Crippen LogP contribution in [-0.2, 0) is 16.1 Å². The summed E-state index contributed by atoms with van der Waals surface area (Å²) in [5.74, 6) is -0.850. The number of rotatable bonds is 5. The van der Waals surface area contributed by atoms with Crippen LogP contribution in [0.2, 0.25) is 0 Å². The minimum absolute atomic E-state index is 0.0222. The van der Waals surface area contributed by atoms with E-state index in [2.05, 4.69) is 4.98 Å². The first-order valence-electron chi connectivity index (χ1n) is 8.00. The second-order valence-corrected chi connectivity index (χ2v) is 5.52. The highest BCUT2D eigenvalue weighted by Crippen LogP contribution is 2.16. The van der Waals surface area contributed by atoms with E-state index >= 15 is 0 Å². The summed E-state index contributed by atoms with van der Waals surface area (Å²) in [5.41, 5.74) is 0.974. The molecule has 0 amide bonds. The molecule has 0 saturated heterocycles. The van der Waals surface area contributed by atoms with Gasteiger partial charge >= 0.3 is 5.97 Å². The van der Waals surface area contributed by atoms with Gasteiger partial charge in [0.15, 0.2) is 5.82 Å². The van der Waals surface area contributed by atoms with Crippen LogP contribution in [0.4, 0.5) is 0 Å². The Labute approximate surface area is 144 Å². The molecule has 0 aliphatic rings. The lowest BCUT2D eigenvalue weighted by Crippen LogP contribution is -2.30. The Kier molecular flexibility index (Phi) is 4.90. The third-order valence-corrected chi connectivity index (χ3v) is 3.83. The quantitative estimate of drug-likeness (QED) is 0.720. The van der Waals surface area contributed by atoms with Crippen LogP contribution in [0.3, 0.4) is 0 Å². The van der Waals surface area contributed by atoms with Crippen molar-refractivity contribution in [2.45, 2.75) is 19.6 Å². The molecule has 0 spiro atoms. The molecule has 3 rings (SSSR count). The molecule has 0 aliphatic heterocycles. The van der Waals surface area contributed by atoms with Crippen molar-refractivity contribution in [3.8, 4) is 0 Å². The fourth-order valence-corrected chi connectivity index (χ4v) is 2.64. The van der Waals surface area contributed by atoms with Gasteiger partial charge in [-0.25, -0.2) is 9.78 Å². The van der Waals surface area contributed by atoms with Gasteiger partial charge < -0.3 is 9.84 Å². The van der Waals surface area contributed by atoms with Gasteiger partial charge in [0, 0.05) is 0 Å². The smallest absolute Gasteiger partial charge is 0.342 e. The molecule has 0 bridgehead atoms. The van der Waals surface area contributed by atoms with Crippen LogP contribution in [0, 0.1) is 0 Å². The third kappa shape index (κ3) is 3.44. The summed E-state index contributed by atoms with van der Waals surface area (Å²) in [5, 5.41) is 10.8. The van der Waals surface area contributed by atoms with E-state index in [0.717, 1.165) is 5.56 Å². The summed E-state index contributed by atoms with van der Waals surface area (Å²) < 4.78 is 6.19. The lowest BCUT2D eigenvalue weighted by atomic mass is 10.2. The molecule has 3 aromatic rings. The molecular formula is C19H18N2O4. The fraction of sp³-hybridized carbons (Fsp3) is 0.211. The number of aliphatic hydroxyl groups is 1. The number of nitrogens with zero attached hydrogens (tertiary/aromatic N) is 2. The normalized spacial score (nSPS) is 12.1. The maximum atomic E-state index is 12.9. The maximum Gasteiger partial charge on any atom is 0.342 e. The Morgan fingerprint density at radius 3 is 2.56 bits per heavy atom. The predicted molar refractivity (Wildman–Crippen MR) is 93.1 cm³/mol. The SMILES string of the molecule is CCOC(=O)C(O)c1nc2ccccc2c(=O)n1Cc1ccccc1. The Hall–Kier alpha value is -2.99. The average molecular weight is 338 g/mol. The van der Waals surface area contributed by atoms with Crippen LogP contribution in [0.15, 0.2) is 59.4 Å². The first-order chi connectivity index (χ1) is 12.1. The Morgan fingerprint density at radius 2 is 1.84 bits per heavy atom. The summed E-state index contributed by atoms with van der Waals surface area (Å²) in [7, 11) is 0. The van der Waals surface area contributed by atoms with E-state index in [-0.39, 0.29) is 24.5 Å². The van der Waals surface area contributed by atoms with Crippen LogP contribution in [0.1, 0.15) is 24.4 Å². The van der Waals surface area contributed by atoms with Crippen molar-refractivity contribution in [3.05, 3.63) is 76.3 Å². The Bertz CT molecular complexity index is 951. The van der Waals surface area contributed by atoms with E-state index in [1.807, 2.05) is 30.3 Å². The molecule has 6 heteroatoms. The van der Waals surface area contributed by atoms with E-state index in [0.29, 0.717) is 10.9 Å². The molecule has 1 atom stereocenters. The number of fused-ring (bicyclic) bond motifs is 1. The highest BCUT2D eigenvalue weighted by atomic mass is 16.5. The van der Waals surface area contributed by atoms with E-state index in [9.17, 15) is 14.7 Å². The number of para-hydroxylation sites is 1. The minimum Gasteiger partial charge on any atom is -0.464 e. The summed E-state index contributed by atoms with van der Waals surface area (Å²) >= 11 is 0. The molecule has 1 heterocycles. The second kappa shape index (κ2) is 7.27. The molecular weight excluding hydrogens is 320 g/mol. The molecule has 6 nitrogen and oxygen atoms in total. The fourth-order valence-electron chi connectivity index (χ4n) is 2.64. The van der Waals surface area contributed by atoms with E-state index in [1.165, 1.54) is 4.57 Å². The Morgan fingerprint density at radius 1 is 1.16 bits per heavy atom. The minimum atomic E-state index is -1.62. The molecule has 0 radical (unpaired) electrons. The van der Waals surface area contributed by atoms with Crippen LogP contribution >= 0.6 is 0 Å². The number of ether oxygens (including phenoxy) is 1. The highest BCUT2D eigenvalue weighted by molar-refractivity contribution is 5.79. The van der Waals surface area contributed by atoms with E-state index < -0.39 is 12.1 Å².